The Balaban J connectivity index is 2.10. The first-order valence-corrected chi connectivity index (χ1v) is 8.74. The third-order valence-corrected chi connectivity index (χ3v) is 4.34. The van der Waals surface area contributed by atoms with Crippen molar-refractivity contribution in [2.24, 2.45) is 0 Å². The first-order chi connectivity index (χ1) is 12.4. The highest BCUT2D eigenvalue weighted by Crippen LogP contribution is 2.30. The SMILES string of the molecule is CCc1ccc(Oc2c(C)oc3c(C[NH+](C)C)c(O)ccc3c2=O)cc1. The summed E-state index contributed by atoms with van der Waals surface area (Å²) >= 11 is 0. The van der Waals surface area contributed by atoms with Crippen LogP contribution in [0.4, 0.5) is 0 Å². The van der Waals surface area contributed by atoms with Gasteiger partial charge >= 0.3 is 0 Å². The molecule has 2 N–H and O–H groups in total. The van der Waals surface area contributed by atoms with E-state index in [0.29, 0.717) is 34.6 Å². The average Bonchev–Trinajstić information content (AvgIpc) is 2.61. The van der Waals surface area contributed by atoms with Crippen molar-refractivity contribution >= 4 is 11.0 Å². The Kier molecular flexibility index (Phi) is 5.00. The Labute approximate surface area is 152 Å². The molecular formula is C21H24NO4+. The lowest BCUT2D eigenvalue weighted by Crippen LogP contribution is -3.04. The van der Waals surface area contributed by atoms with Crippen LogP contribution in [0.1, 0.15) is 23.8 Å². The predicted octanol–water partition coefficient (Wildman–Crippen LogP) is 2.81. The largest absolute Gasteiger partial charge is 0.507 e. The van der Waals surface area contributed by atoms with Crippen LogP contribution < -0.4 is 15.1 Å². The van der Waals surface area contributed by atoms with E-state index in [2.05, 4.69) is 6.92 Å². The lowest BCUT2D eigenvalue weighted by atomic mass is 10.1. The summed E-state index contributed by atoms with van der Waals surface area (Å²) in [7, 11) is 3.95. The van der Waals surface area contributed by atoms with E-state index in [1.807, 2.05) is 38.4 Å². The zero-order valence-electron chi connectivity index (χ0n) is 15.6. The summed E-state index contributed by atoms with van der Waals surface area (Å²) < 4.78 is 11.7. The van der Waals surface area contributed by atoms with Crippen molar-refractivity contribution in [1.82, 2.24) is 0 Å². The lowest BCUT2D eigenvalue weighted by Gasteiger charge is -2.13. The van der Waals surface area contributed by atoms with Gasteiger partial charge in [-0.3, -0.25) is 4.79 Å². The summed E-state index contributed by atoms with van der Waals surface area (Å²) in [6.07, 6.45) is 0.942. The Hall–Kier alpha value is -2.79. The van der Waals surface area contributed by atoms with E-state index >= 15 is 0 Å². The van der Waals surface area contributed by atoms with Gasteiger partial charge in [0.05, 0.1) is 25.0 Å². The number of rotatable bonds is 5. The summed E-state index contributed by atoms with van der Waals surface area (Å²) in [6.45, 7) is 4.33. The Morgan fingerprint density at radius 3 is 2.42 bits per heavy atom. The van der Waals surface area contributed by atoms with Crippen LogP contribution in [0.5, 0.6) is 17.2 Å². The smallest absolute Gasteiger partial charge is 0.235 e. The predicted molar refractivity (Wildman–Crippen MR) is 101 cm³/mol. The van der Waals surface area contributed by atoms with Crippen LogP contribution in [0.3, 0.4) is 0 Å². The van der Waals surface area contributed by atoms with Crippen molar-refractivity contribution in [2.75, 3.05) is 14.1 Å². The van der Waals surface area contributed by atoms with Crippen LogP contribution in [0.25, 0.3) is 11.0 Å². The molecule has 5 nitrogen and oxygen atoms in total. The molecule has 0 saturated heterocycles. The second kappa shape index (κ2) is 7.22. The number of phenols is 1. The van der Waals surface area contributed by atoms with E-state index < -0.39 is 0 Å². The van der Waals surface area contributed by atoms with Crippen LogP contribution >= 0.6 is 0 Å². The summed E-state index contributed by atoms with van der Waals surface area (Å²) in [5.74, 6) is 1.29. The van der Waals surface area contributed by atoms with Crippen LogP contribution in [-0.2, 0) is 13.0 Å². The van der Waals surface area contributed by atoms with E-state index in [1.165, 1.54) is 11.6 Å². The minimum Gasteiger partial charge on any atom is -0.507 e. The van der Waals surface area contributed by atoms with Gasteiger partial charge in [-0.15, -0.1) is 0 Å². The first-order valence-electron chi connectivity index (χ1n) is 8.74. The fourth-order valence-electron chi connectivity index (χ4n) is 2.95. The molecule has 0 unspecified atom stereocenters. The van der Waals surface area contributed by atoms with Crippen molar-refractivity contribution in [3.63, 3.8) is 0 Å². The van der Waals surface area contributed by atoms with E-state index in [0.717, 1.165) is 11.3 Å². The minimum atomic E-state index is -0.238. The molecule has 0 saturated carbocycles. The Morgan fingerprint density at radius 2 is 1.81 bits per heavy atom. The van der Waals surface area contributed by atoms with Crippen LogP contribution in [0.2, 0.25) is 0 Å². The van der Waals surface area contributed by atoms with Gasteiger partial charge in [-0.1, -0.05) is 19.1 Å². The fraction of sp³-hybridized carbons (Fsp3) is 0.286. The second-order valence-corrected chi connectivity index (χ2v) is 6.74. The highest BCUT2D eigenvalue weighted by Gasteiger charge is 2.19. The van der Waals surface area contributed by atoms with Crippen molar-refractivity contribution in [3.8, 4) is 17.2 Å². The number of phenolic OH excluding ortho intramolecular Hbond substituents is 1. The Bertz CT molecular complexity index is 988. The Morgan fingerprint density at radius 1 is 1.12 bits per heavy atom. The summed E-state index contributed by atoms with van der Waals surface area (Å²) in [5, 5.41) is 10.6. The monoisotopic (exact) mass is 354 g/mol. The molecule has 0 spiro atoms. The number of aryl methyl sites for hydroxylation is 2. The fourth-order valence-corrected chi connectivity index (χ4v) is 2.95. The number of hydrogen-bond donors (Lipinski definition) is 2. The van der Waals surface area contributed by atoms with Crippen molar-refractivity contribution < 1.29 is 19.2 Å². The van der Waals surface area contributed by atoms with Crippen LogP contribution in [-0.4, -0.2) is 19.2 Å². The minimum absolute atomic E-state index is 0.130. The second-order valence-electron chi connectivity index (χ2n) is 6.74. The van der Waals surface area contributed by atoms with E-state index in [-0.39, 0.29) is 16.9 Å². The molecular weight excluding hydrogens is 330 g/mol. The first kappa shape index (κ1) is 18.0. The topological polar surface area (TPSA) is 64.1 Å². The molecule has 0 radical (unpaired) electrons. The van der Waals surface area contributed by atoms with E-state index in [1.54, 1.807) is 13.0 Å². The zero-order valence-corrected chi connectivity index (χ0v) is 15.6. The molecule has 1 heterocycles. The van der Waals surface area contributed by atoms with Gasteiger partial charge in [0.2, 0.25) is 11.2 Å². The van der Waals surface area contributed by atoms with Crippen molar-refractivity contribution in [1.29, 1.82) is 0 Å². The third-order valence-electron chi connectivity index (χ3n) is 4.34. The van der Waals surface area contributed by atoms with Crippen molar-refractivity contribution in [3.05, 3.63) is 63.5 Å². The number of aromatic hydroxyl groups is 1. The molecule has 5 heteroatoms. The number of nitrogens with one attached hydrogen (secondary N) is 1. The molecule has 0 aliphatic carbocycles. The number of hydrogen-bond acceptors (Lipinski definition) is 4. The molecule has 0 aliphatic rings. The molecule has 3 aromatic rings. The highest BCUT2D eigenvalue weighted by atomic mass is 16.5. The van der Waals surface area contributed by atoms with Gasteiger partial charge < -0.3 is 19.2 Å². The van der Waals surface area contributed by atoms with Gasteiger partial charge in [-0.05, 0) is 43.2 Å². The number of benzene rings is 2. The molecule has 136 valence electrons. The molecule has 26 heavy (non-hydrogen) atoms. The van der Waals surface area contributed by atoms with Crippen molar-refractivity contribution in [2.45, 2.75) is 26.8 Å². The quantitative estimate of drug-likeness (QED) is 0.740. The number of ether oxygens (including phenoxy) is 1. The van der Waals surface area contributed by atoms with E-state index in [4.69, 9.17) is 9.15 Å². The van der Waals surface area contributed by atoms with Gasteiger partial charge in [0.25, 0.3) is 0 Å². The summed E-state index contributed by atoms with van der Waals surface area (Å²) in [4.78, 5) is 14.1. The maximum Gasteiger partial charge on any atom is 0.235 e. The molecule has 0 bridgehead atoms. The molecule has 0 atom stereocenters. The number of quaternary nitrogens is 1. The summed E-state index contributed by atoms with van der Waals surface area (Å²) in [5.41, 5.74) is 2.01. The van der Waals surface area contributed by atoms with E-state index in [9.17, 15) is 9.90 Å². The molecule has 0 fully saturated rings. The highest BCUT2D eigenvalue weighted by molar-refractivity contribution is 5.83. The maximum atomic E-state index is 13.0. The molecule has 0 aliphatic heterocycles. The van der Waals surface area contributed by atoms with Gasteiger partial charge in [-0.25, -0.2) is 0 Å². The normalized spacial score (nSPS) is 11.3. The third kappa shape index (κ3) is 3.44. The van der Waals surface area contributed by atoms with Crippen LogP contribution in [0, 0.1) is 6.92 Å². The summed E-state index contributed by atoms with van der Waals surface area (Å²) in [6, 6.07) is 10.8. The van der Waals surface area contributed by atoms with Crippen LogP contribution in [0.15, 0.2) is 45.6 Å². The number of fused-ring (bicyclic) bond motifs is 1. The average molecular weight is 354 g/mol. The standard InChI is InChI=1S/C21H23NO4/c1-5-14-6-8-15(9-7-14)26-20-13(2)25-21-16(19(20)24)10-11-18(23)17(21)12-22(3)4/h6-11,23H,5,12H2,1-4H3/p+1. The van der Waals surface area contributed by atoms with Gasteiger partial charge in [0.1, 0.15) is 23.8 Å². The maximum absolute atomic E-state index is 13.0. The molecule has 2 aromatic carbocycles. The lowest BCUT2D eigenvalue weighted by molar-refractivity contribution is -0.872. The van der Waals surface area contributed by atoms with Gasteiger partial charge in [0, 0.05) is 0 Å². The molecule has 3 rings (SSSR count). The zero-order chi connectivity index (χ0) is 18.8. The van der Waals surface area contributed by atoms with Gasteiger partial charge in [0.15, 0.2) is 5.58 Å². The van der Waals surface area contributed by atoms with Gasteiger partial charge in [-0.2, -0.15) is 0 Å². The molecule has 1 aromatic heterocycles. The molecule has 0 amide bonds.